The van der Waals surface area contributed by atoms with E-state index in [4.69, 9.17) is 4.74 Å². The Hall–Kier alpha value is -3.61. The molecule has 1 atom stereocenters. The van der Waals surface area contributed by atoms with E-state index in [2.05, 4.69) is 5.32 Å². The highest BCUT2D eigenvalue weighted by atomic mass is 32.2. The van der Waals surface area contributed by atoms with Crippen LogP contribution in [0.2, 0.25) is 0 Å². The Kier molecular flexibility index (Phi) is 9.67. The molecular formula is C24H28F3N3O6S. The molecule has 0 saturated heterocycles. The SMILES string of the molecule is CC(C)(C)NC(=O)O[C@@H](Cc1ccccc1)C(=O)NS(=O)(=O)Cc1ccc(CNC(=O)C(F)(F)F)cc1. The summed E-state index contributed by atoms with van der Waals surface area (Å²) < 4.78 is 69.2. The first-order valence-corrected chi connectivity index (χ1v) is 12.7. The zero-order valence-corrected chi connectivity index (χ0v) is 21.2. The fourth-order valence-corrected chi connectivity index (χ4v) is 4.13. The number of sulfonamides is 1. The maximum absolute atomic E-state index is 12.8. The number of hydrogen-bond donors (Lipinski definition) is 3. The molecule has 0 saturated carbocycles. The molecule has 2 aromatic rings. The largest absolute Gasteiger partial charge is 0.471 e. The first kappa shape index (κ1) is 29.6. The van der Waals surface area contributed by atoms with Crippen LogP contribution < -0.4 is 15.4 Å². The highest BCUT2D eigenvalue weighted by Gasteiger charge is 2.38. The van der Waals surface area contributed by atoms with Gasteiger partial charge in [0, 0.05) is 18.5 Å². The molecule has 0 radical (unpaired) electrons. The molecule has 0 spiro atoms. The Bertz CT molecular complexity index is 1190. The van der Waals surface area contributed by atoms with Crippen molar-refractivity contribution in [3.8, 4) is 0 Å². The minimum absolute atomic E-state index is 0.0713. The van der Waals surface area contributed by atoms with E-state index in [1.165, 1.54) is 24.3 Å². The minimum Gasteiger partial charge on any atom is -0.436 e. The summed E-state index contributed by atoms with van der Waals surface area (Å²) in [5.41, 5.74) is 0.525. The first-order chi connectivity index (χ1) is 17.0. The highest BCUT2D eigenvalue weighted by Crippen LogP contribution is 2.15. The van der Waals surface area contributed by atoms with Crippen LogP contribution in [0.25, 0.3) is 0 Å². The molecule has 0 aliphatic carbocycles. The van der Waals surface area contributed by atoms with E-state index in [0.29, 0.717) is 11.1 Å². The molecular weight excluding hydrogens is 515 g/mol. The van der Waals surface area contributed by atoms with Crippen LogP contribution in [0.3, 0.4) is 0 Å². The normalized spacial score (nSPS) is 12.8. The summed E-state index contributed by atoms with van der Waals surface area (Å²) in [7, 11) is -4.23. The summed E-state index contributed by atoms with van der Waals surface area (Å²) in [4.78, 5) is 36.0. The van der Waals surface area contributed by atoms with Gasteiger partial charge < -0.3 is 15.4 Å². The number of rotatable bonds is 9. The lowest BCUT2D eigenvalue weighted by atomic mass is 10.1. The fourth-order valence-electron chi connectivity index (χ4n) is 2.99. The standard InChI is InChI=1S/C24H28F3N3O6S/c1-23(2,3)29-22(33)36-19(13-16-7-5-4-6-8-16)20(31)30-37(34,35)15-18-11-9-17(10-12-18)14-28-21(32)24(25,26)27/h4-12,19H,13-15H2,1-3H3,(H,28,32)(H,29,33)(H,30,31)/t19-/m0/s1. The molecule has 37 heavy (non-hydrogen) atoms. The maximum Gasteiger partial charge on any atom is 0.471 e. The van der Waals surface area contributed by atoms with Crippen LogP contribution in [0.5, 0.6) is 0 Å². The molecule has 0 aliphatic rings. The number of hydrogen-bond acceptors (Lipinski definition) is 6. The van der Waals surface area contributed by atoms with Gasteiger partial charge in [-0.15, -0.1) is 0 Å². The summed E-state index contributed by atoms with van der Waals surface area (Å²) in [6, 6.07) is 14.0. The lowest BCUT2D eigenvalue weighted by Crippen LogP contribution is -2.47. The van der Waals surface area contributed by atoms with E-state index < -0.39 is 58.0 Å². The zero-order valence-electron chi connectivity index (χ0n) is 20.4. The maximum atomic E-state index is 12.8. The van der Waals surface area contributed by atoms with E-state index >= 15 is 0 Å². The van der Waals surface area contributed by atoms with Crippen molar-refractivity contribution >= 4 is 27.9 Å². The Balaban J connectivity index is 2.06. The van der Waals surface area contributed by atoms with E-state index in [-0.39, 0.29) is 12.0 Å². The van der Waals surface area contributed by atoms with Gasteiger partial charge in [-0.1, -0.05) is 54.6 Å². The van der Waals surface area contributed by atoms with Crippen LogP contribution in [0.1, 0.15) is 37.5 Å². The van der Waals surface area contributed by atoms with Crippen LogP contribution in [0.4, 0.5) is 18.0 Å². The van der Waals surface area contributed by atoms with Crippen molar-refractivity contribution in [2.24, 2.45) is 0 Å². The van der Waals surface area contributed by atoms with Gasteiger partial charge in [0.05, 0.1) is 5.75 Å². The molecule has 0 aliphatic heterocycles. The summed E-state index contributed by atoms with van der Waals surface area (Å²) in [5, 5.41) is 4.25. The number of amides is 3. The first-order valence-electron chi connectivity index (χ1n) is 11.0. The second kappa shape index (κ2) is 12.1. The Labute approximate surface area is 212 Å². The minimum atomic E-state index is -5.01. The van der Waals surface area contributed by atoms with Gasteiger partial charge in [0.15, 0.2) is 6.10 Å². The molecule has 3 amide bonds. The lowest BCUT2D eigenvalue weighted by molar-refractivity contribution is -0.173. The van der Waals surface area contributed by atoms with Gasteiger partial charge in [0.2, 0.25) is 10.0 Å². The number of ether oxygens (including phenoxy) is 1. The summed E-state index contributed by atoms with van der Waals surface area (Å²) in [6.07, 6.45) is -7.42. The summed E-state index contributed by atoms with van der Waals surface area (Å²) in [6.45, 7) is 4.72. The third-order valence-electron chi connectivity index (χ3n) is 4.63. The monoisotopic (exact) mass is 543 g/mol. The molecule has 13 heteroatoms. The lowest BCUT2D eigenvalue weighted by Gasteiger charge is -2.23. The van der Waals surface area contributed by atoms with Crippen LogP contribution in [0, 0.1) is 0 Å². The van der Waals surface area contributed by atoms with Gasteiger partial charge in [-0.2, -0.15) is 13.2 Å². The number of alkyl carbamates (subject to hydrolysis) is 1. The number of carbonyl (C=O) groups is 3. The zero-order chi connectivity index (χ0) is 27.9. The quantitative estimate of drug-likeness (QED) is 0.446. The van der Waals surface area contributed by atoms with Gasteiger partial charge in [-0.3, -0.25) is 9.59 Å². The predicted octanol–water partition coefficient (Wildman–Crippen LogP) is 2.95. The summed E-state index contributed by atoms with van der Waals surface area (Å²) in [5.74, 6) is -3.76. The molecule has 3 N–H and O–H groups in total. The second-order valence-corrected chi connectivity index (χ2v) is 10.9. The third-order valence-corrected chi connectivity index (χ3v) is 5.85. The number of halogens is 3. The Morgan fingerprint density at radius 3 is 2.00 bits per heavy atom. The van der Waals surface area contributed by atoms with Gasteiger partial charge in [-0.25, -0.2) is 17.9 Å². The summed E-state index contributed by atoms with van der Waals surface area (Å²) >= 11 is 0. The van der Waals surface area contributed by atoms with E-state index in [9.17, 15) is 36.0 Å². The topological polar surface area (TPSA) is 131 Å². The molecule has 0 fully saturated rings. The van der Waals surface area contributed by atoms with Crippen molar-refractivity contribution < 1.29 is 40.7 Å². The molecule has 0 unspecified atom stereocenters. The van der Waals surface area contributed by atoms with Gasteiger partial charge in [0.1, 0.15) is 0 Å². The molecule has 0 aromatic heterocycles. The molecule has 2 rings (SSSR count). The number of nitrogens with one attached hydrogen (secondary N) is 3. The van der Waals surface area contributed by atoms with Crippen molar-refractivity contribution in [3.63, 3.8) is 0 Å². The number of alkyl halides is 3. The fraction of sp³-hybridized carbons (Fsp3) is 0.375. The van der Waals surface area contributed by atoms with E-state index in [1.54, 1.807) is 56.4 Å². The van der Waals surface area contributed by atoms with Crippen molar-refractivity contribution in [3.05, 3.63) is 71.3 Å². The van der Waals surface area contributed by atoms with Crippen LogP contribution in [0.15, 0.2) is 54.6 Å². The molecule has 0 bridgehead atoms. The van der Waals surface area contributed by atoms with Crippen LogP contribution in [-0.2, 0) is 43.1 Å². The Morgan fingerprint density at radius 1 is 0.892 bits per heavy atom. The van der Waals surface area contributed by atoms with Gasteiger partial charge in [-0.05, 0) is 37.5 Å². The molecule has 0 heterocycles. The predicted molar refractivity (Wildman–Crippen MR) is 128 cm³/mol. The molecule has 2 aromatic carbocycles. The van der Waals surface area contributed by atoms with Crippen molar-refractivity contribution in [2.45, 2.75) is 57.3 Å². The highest BCUT2D eigenvalue weighted by molar-refractivity contribution is 7.89. The Morgan fingerprint density at radius 2 is 1.46 bits per heavy atom. The average molecular weight is 544 g/mol. The van der Waals surface area contributed by atoms with Crippen LogP contribution in [-0.4, -0.2) is 44.1 Å². The third kappa shape index (κ3) is 10.9. The molecule has 202 valence electrons. The van der Waals surface area contributed by atoms with Gasteiger partial charge >= 0.3 is 18.2 Å². The number of benzene rings is 2. The van der Waals surface area contributed by atoms with Crippen molar-refractivity contribution in [1.29, 1.82) is 0 Å². The van der Waals surface area contributed by atoms with Crippen molar-refractivity contribution in [2.75, 3.05) is 0 Å². The molecule has 9 nitrogen and oxygen atoms in total. The van der Waals surface area contributed by atoms with Crippen molar-refractivity contribution in [1.82, 2.24) is 15.4 Å². The van der Waals surface area contributed by atoms with E-state index in [1.807, 2.05) is 4.72 Å². The van der Waals surface area contributed by atoms with Crippen LogP contribution >= 0.6 is 0 Å². The smallest absolute Gasteiger partial charge is 0.436 e. The number of carbonyl (C=O) groups excluding carboxylic acids is 3. The van der Waals surface area contributed by atoms with E-state index in [0.717, 1.165) is 0 Å². The van der Waals surface area contributed by atoms with Gasteiger partial charge in [0.25, 0.3) is 5.91 Å². The average Bonchev–Trinajstić information content (AvgIpc) is 2.76. The second-order valence-electron chi connectivity index (χ2n) is 9.18.